The molecule has 3 aliphatic rings. The second kappa shape index (κ2) is 22.4. The zero-order valence-electron chi connectivity index (χ0n) is 28.7. The van der Waals surface area contributed by atoms with Crippen LogP contribution in [-0.2, 0) is 0 Å². The molecular weight excluding hydrogens is 543 g/mol. The van der Waals surface area contributed by atoms with Gasteiger partial charge in [0.2, 0.25) is 0 Å². The Morgan fingerprint density at radius 2 is 1.74 bits per heavy atom. The van der Waals surface area contributed by atoms with Crippen molar-refractivity contribution >= 4 is 11.8 Å². The van der Waals surface area contributed by atoms with Gasteiger partial charge in [-0.3, -0.25) is 0 Å². The highest BCUT2D eigenvalue weighted by Crippen LogP contribution is 2.49. The van der Waals surface area contributed by atoms with E-state index in [1.165, 1.54) is 47.5 Å². The van der Waals surface area contributed by atoms with Crippen LogP contribution < -0.4 is 10.6 Å². The molecule has 0 aromatic carbocycles. The molecule has 1 heterocycles. The summed E-state index contributed by atoms with van der Waals surface area (Å²) in [5.41, 5.74) is 9.12. The summed E-state index contributed by atoms with van der Waals surface area (Å²) in [4.78, 5) is 3.95. The molecule has 0 aromatic rings. The molecule has 0 saturated heterocycles. The molecule has 0 radical (unpaired) electrons. The molecule has 0 unspecified atom stereocenters. The topological polar surface area (TPSA) is 31.9 Å². The molecule has 0 saturated carbocycles. The van der Waals surface area contributed by atoms with Crippen LogP contribution in [-0.4, -0.2) is 24.2 Å². The number of thioether (sulfide) groups is 1. The SMILES string of the molecule is C#C.C=CC(NC(=C)C)=C(C)C.CC.CC[NH2+]C1=C(SC/C=C/C=C/C=C2/N(C)C3=C(C=CCC3)C2(C)C)CCCC=C1. The van der Waals surface area contributed by atoms with Crippen molar-refractivity contribution in [1.29, 1.82) is 0 Å². The Morgan fingerprint density at radius 3 is 2.30 bits per heavy atom. The average Bonchev–Trinajstić information content (AvgIpc) is 3.13. The van der Waals surface area contributed by atoms with Gasteiger partial charge in [0.1, 0.15) is 5.70 Å². The van der Waals surface area contributed by atoms with Crippen LogP contribution >= 0.6 is 11.8 Å². The first-order valence-electron chi connectivity index (χ1n) is 15.7. The molecule has 2 aliphatic carbocycles. The van der Waals surface area contributed by atoms with Gasteiger partial charge in [0, 0.05) is 45.9 Å². The maximum Gasteiger partial charge on any atom is 0.138 e. The molecule has 0 atom stereocenters. The number of hydrogen-bond donors (Lipinski definition) is 2. The van der Waals surface area contributed by atoms with Crippen LogP contribution in [0.1, 0.15) is 87.5 Å². The van der Waals surface area contributed by atoms with Gasteiger partial charge in [0.25, 0.3) is 0 Å². The van der Waals surface area contributed by atoms with Gasteiger partial charge in [0.05, 0.1) is 6.54 Å². The van der Waals surface area contributed by atoms with E-state index in [1.807, 2.05) is 46.4 Å². The van der Waals surface area contributed by atoms with Crippen molar-refractivity contribution in [3.63, 3.8) is 0 Å². The van der Waals surface area contributed by atoms with Crippen molar-refractivity contribution in [1.82, 2.24) is 10.2 Å². The molecule has 0 bridgehead atoms. The number of nitrogens with two attached hydrogens (primary N) is 1. The van der Waals surface area contributed by atoms with Gasteiger partial charge in [-0.25, -0.2) is 0 Å². The lowest BCUT2D eigenvalue weighted by Crippen LogP contribution is -2.81. The average molecular weight is 603 g/mol. The summed E-state index contributed by atoms with van der Waals surface area (Å²) >= 11 is 1.99. The number of hydrogen-bond acceptors (Lipinski definition) is 3. The standard InChI is InChI=1S/C26H36N2S.C9H15N.C2H6.C2H2/c1-5-27-22-16-9-8-10-18-24(22)29-20-14-7-6-11-19-25-26(2,3)21-15-12-13-17-23(21)28(25)4;1-6-9(7(2)3)10-8(4)5;2*1-2/h6-7,9,11-12,14-16,19,27H,5,8,10,13,17-18,20H2,1-4H3;6,10H,1,4H2,2-3,5H3;1-2H3;1-2H/p+1/b11-6+,14-7+,25-19+;;;. The number of likely N-dealkylation sites (N-methyl/N-ethyl adjacent to an activating group) is 1. The van der Waals surface area contributed by atoms with Gasteiger partial charge in [0.15, 0.2) is 0 Å². The van der Waals surface area contributed by atoms with Crippen LogP contribution in [0.5, 0.6) is 0 Å². The van der Waals surface area contributed by atoms with E-state index in [-0.39, 0.29) is 5.41 Å². The normalized spacial score (nSPS) is 17.7. The maximum absolute atomic E-state index is 4.00. The minimum atomic E-state index is 0.0938. The van der Waals surface area contributed by atoms with Crippen molar-refractivity contribution in [2.24, 2.45) is 5.41 Å². The predicted octanol–water partition coefficient (Wildman–Crippen LogP) is 9.69. The van der Waals surface area contributed by atoms with E-state index < -0.39 is 0 Å². The lowest BCUT2D eigenvalue weighted by molar-refractivity contribution is -0.598. The fourth-order valence-corrected chi connectivity index (χ4v) is 6.10. The van der Waals surface area contributed by atoms with Crippen molar-refractivity contribution in [2.75, 3.05) is 19.3 Å². The molecule has 43 heavy (non-hydrogen) atoms. The van der Waals surface area contributed by atoms with Crippen LogP contribution in [0.3, 0.4) is 0 Å². The quantitative estimate of drug-likeness (QED) is 0.193. The van der Waals surface area contributed by atoms with Crippen molar-refractivity contribution < 1.29 is 5.32 Å². The smallest absolute Gasteiger partial charge is 0.138 e. The number of nitrogens with one attached hydrogen (secondary N) is 1. The zero-order valence-corrected chi connectivity index (χ0v) is 29.5. The van der Waals surface area contributed by atoms with E-state index in [1.54, 1.807) is 11.0 Å². The summed E-state index contributed by atoms with van der Waals surface area (Å²) in [6.07, 6.45) is 36.2. The van der Waals surface area contributed by atoms with Crippen LogP contribution in [0.15, 0.2) is 118 Å². The number of nitrogens with zero attached hydrogens (tertiary/aromatic N) is 1. The van der Waals surface area contributed by atoms with Crippen LogP contribution in [0.2, 0.25) is 0 Å². The highest BCUT2D eigenvalue weighted by atomic mass is 32.2. The summed E-state index contributed by atoms with van der Waals surface area (Å²) in [5, 5.41) is 5.46. The Hall–Kier alpha value is -3.13. The lowest BCUT2D eigenvalue weighted by Gasteiger charge is -2.25. The van der Waals surface area contributed by atoms with E-state index in [4.69, 9.17) is 0 Å². The number of terminal acetylenes is 1. The van der Waals surface area contributed by atoms with E-state index in [0.717, 1.165) is 36.5 Å². The summed E-state index contributed by atoms with van der Waals surface area (Å²) < 4.78 is 0. The molecule has 3 rings (SSSR count). The molecule has 0 spiro atoms. The molecule has 0 amide bonds. The van der Waals surface area contributed by atoms with Gasteiger partial charge in [-0.15, -0.1) is 24.6 Å². The van der Waals surface area contributed by atoms with Crippen LogP contribution in [0, 0.1) is 18.3 Å². The largest absolute Gasteiger partial charge is 0.360 e. The molecule has 1 aliphatic heterocycles. The Morgan fingerprint density at radius 1 is 1.07 bits per heavy atom. The van der Waals surface area contributed by atoms with Crippen LogP contribution in [0.4, 0.5) is 0 Å². The van der Waals surface area contributed by atoms with E-state index in [2.05, 4.69) is 124 Å². The molecule has 3 nitrogen and oxygen atoms in total. The minimum Gasteiger partial charge on any atom is -0.360 e. The van der Waals surface area contributed by atoms with E-state index in [9.17, 15) is 0 Å². The van der Waals surface area contributed by atoms with Gasteiger partial charge in [-0.05, 0) is 83.6 Å². The third-order valence-corrected chi connectivity index (χ3v) is 8.25. The second-order valence-corrected chi connectivity index (χ2v) is 12.1. The number of allylic oxidation sites excluding steroid dienone is 14. The Labute approximate surface area is 270 Å². The summed E-state index contributed by atoms with van der Waals surface area (Å²) in [6, 6.07) is 0. The monoisotopic (exact) mass is 602 g/mol. The molecule has 0 fully saturated rings. The highest BCUT2D eigenvalue weighted by molar-refractivity contribution is 8.03. The third kappa shape index (κ3) is 13.4. The summed E-state index contributed by atoms with van der Waals surface area (Å²) in [5.74, 6) is 1.04. The lowest BCUT2D eigenvalue weighted by atomic mass is 9.81. The fraction of sp³-hybridized carbons (Fsp3) is 0.436. The van der Waals surface area contributed by atoms with E-state index >= 15 is 0 Å². The molecular formula is C39H60N3S+. The Balaban J connectivity index is 0.00000107. The Bertz CT molecular complexity index is 1160. The Kier molecular flexibility index (Phi) is 20.8. The van der Waals surface area contributed by atoms with E-state index in [0.29, 0.717) is 0 Å². The number of rotatable bonds is 10. The first-order valence-corrected chi connectivity index (χ1v) is 16.7. The van der Waals surface area contributed by atoms with Gasteiger partial charge >= 0.3 is 0 Å². The minimum absolute atomic E-state index is 0.0938. The zero-order chi connectivity index (χ0) is 32.8. The van der Waals surface area contributed by atoms with Crippen molar-refractivity contribution in [3.8, 4) is 12.8 Å². The molecule has 4 heteroatoms. The van der Waals surface area contributed by atoms with Gasteiger partial charge in [-0.2, -0.15) is 0 Å². The molecule has 0 aromatic heterocycles. The molecule has 236 valence electrons. The van der Waals surface area contributed by atoms with Crippen LogP contribution in [0.25, 0.3) is 0 Å². The van der Waals surface area contributed by atoms with Gasteiger partial charge < -0.3 is 15.5 Å². The summed E-state index contributed by atoms with van der Waals surface area (Å²) in [7, 11) is 2.22. The van der Waals surface area contributed by atoms with Gasteiger partial charge in [-0.1, -0.05) is 89.0 Å². The molecule has 3 N–H and O–H groups in total. The summed E-state index contributed by atoms with van der Waals surface area (Å²) in [6.45, 7) is 25.4. The number of quaternary nitrogens is 1. The fourth-order valence-electron chi connectivity index (χ4n) is 5.08. The highest BCUT2D eigenvalue weighted by Gasteiger charge is 2.39. The first-order chi connectivity index (χ1) is 20.6. The second-order valence-electron chi connectivity index (χ2n) is 11.0. The maximum atomic E-state index is 4.00. The van der Waals surface area contributed by atoms with Crippen molar-refractivity contribution in [2.45, 2.75) is 87.5 Å². The predicted molar refractivity (Wildman–Crippen MR) is 196 cm³/mol. The first kappa shape index (κ1) is 39.9. The third-order valence-electron chi connectivity index (χ3n) is 7.10. The van der Waals surface area contributed by atoms with Crippen molar-refractivity contribution in [3.05, 3.63) is 118 Å².